The van der Waals surface area contributed by atoms with Gasteiger partial charge >= 0.3 is 18.4 Å². The zero-order valence-electron chi connectivity index (χ0n) is 20.7. The Bertz CT molecular complexity index is 1130. The number of imidazole rings is 1. The fourth-order valence-corrected chi connectivity index (χ4v) is 4.08. The summed E-state index contributed by atoms with van der Waals surface area (Å²) in [7, 11) is 4.93. The maximum Gasteiger partial charge on any atom is 0.416 e. The summed E-state index contributed by atoms with van der Waals surface area (Å²) in [6.07, 6.45) is -6.27. The lowest BCUT2D eigenvalue weighted by molar-refractivity contribution is -0.263. The van der Waals surface area contributed by atoms with Crippen LogP contribution in [0.15, 0.2) is 18.5 Å². The highest BCUT2D eigenvalue weighted by Gasteiger charge is 2.67. The number of halogens is 6. The van der Waals surface area contributed by atoms with Crippen molar-refractivity contribution in [3.05, 3.63) is 29.7 Å². The van der Waals surface area contributed by atoms with E-state index in [9.17, 15) is 31.1 Å². The maximum atomic E-state index is 13.9. The standard InChI is InChI=1S/C19H26B3F6N5O3/c1-15(2,18(23,24)25)36-5-4-11-8-32-13(30-11)6-10(7-29-32)12(9-35-3)33-14(34)31-16(20,17(33,21)22)19(26,27)28/h6-8,12H,4-5,9,20-22H2,1-3H3,(H,31,34)/t12-,16+/m1/s1. The summed E-state index contributed by atoms with van der Waals surface area (Å²) in [6, 6.07) is -0.286. The van der Waals surface area contributed by atoms with Crippen LogP contribution in [0.5, 0.6) is 0 Å². The second kappa shape index (κ2) is 9.16. The van der Waals surface area contributed by atoms with Gasteiger partial charge in [0, 0.05) is 24.4 Å². The molecule has 0 aromatic carbocycles. The van der Waals surface area contributed by atoms with E-state index in [-0.39, 0.29) is 19.6 Å². The molecule has 196 valence electrons. The van der Waals surface area contributed by atoms with Gasteiger partial charge in [0.25, 0.3) is 0 Å². The van der Waals surface area contributed by atoms with Crippen molar-refractivity contribution >= 4 is 35.2 Å². The first-order valence-corrected chi connectivity index (χ1v) is 11.1. The predicted molar refractivity (Wildman–Crippen MR) is 125 cm³/mol. The highest BCUT2D eigenvalue weighted by Crippen LogP contribution is 2.44. The molecular weight excluding hydrogens is 493 g/mol. The zero-order chi connectivity index (χ0) is 27.3. The summed E-state index contributed by atoms with van der Waals surface area (Å²) >= 11 is 0. The Labute approximate surface area is 206 Å². The number of rotatable bonds is 8. The first kappa shape index (κ1) is 28.2. The van der Waals surface area contributed by atoms with E-state index in [1.807, 2.05) is 0 Å². The molecule has 3 heterocycles. The third-order valence-electron chi connectivity index (χ3n) is 6.88. The Morgan fingerprint density at radius 2 is 1.81 bits per heavy atom. The number of nitrogens with zero attached hydrogens (tertiary/aromatic N) is 4. The van der Waals surface area contributed by atoms with Crippen molar-refractivity contribution in [2.24, 2.45) is 0 Å². The lowest BCUT2D eigenvalue weighted by Crippen LogP contribution is -2.70. The summed E-state index contributed by atoms with van der Waals surface area (Å²) in [5.41, 5.74) is -3.75. The Morgan fingerprint density at radius 1 is 1.17 bits per heavy atom. The molecule has 2 aromatic rings. The lowest BCUT2D eigenvalue weighted by Gasteiger charge is -2.45. The van der Waals surface area contributed by atoms with E-state index in [0.717, 1.165) is 26.6 Å². The van der Waals surface area contributed by atoms with Crippen LogP contribution in [-0.2, 0) is 15.9 Å². The van der Waals surface area contributed by atoms with Crippen LogP contribution in [0.1, 0.15) is 31.1 Å². The van der Waals surface area contributed by atoms with Crippen molar-refractivity contribution in [2.75, 3.05) is 20.3 Å². The molecule has 1 aliphatic heterocycles. The van der Waals surface area contributed by atoms with Crippen molar-refractivity contribution in [1.82, 2.24) is 24.8 Å². The van der Waals surface area contributed by atoms with Crippen LogP contribution in [0.3, 0.4) is 0 Å². The van der Waals surface area contributed by atoms with Crippen molar-refractivity contribution in [1.29, 1.82) is 0 Å². The molecular formula is C19H26B3F6N5O3. The molecule has 3 rings (SSSR count). The average molecular weight is 519 g/mol. The van der Waals surface area contributed by atoms with Crippen LogP contribution < -0.4 is 5.32 Å². The predicted octanol–water partition coefficient (Wildman–Crippen LogP) is 0.154. The van der Waals surface area contributed by atoms with E-state index in [0.29, 0.717) is 16.9 Å². The molecule has 0 aliphatic carbocycles. The van der Waals surface area contributed by atoms with E-state index >= 15 is 0 Å². The average Bonchev–Trinajstić information content (AvgIpc) is 3.20. The SMILES string of the molecule is BC1(B)N([C@H](COC)c2cnn3cc(CCOC(C)(C)C(F)(F)F)nc3c2)C(=O)N[C@]1(B)C(F)(F)F. The molecule has 0 unspecified atom stereocenters. The molecule has 1 N–H and O–H groups in total. The number of carbonyl (C=O) groups is 1. The van der Waals surface area contributed by atoms with Gasteiger partial charge < -0.3 is 19.7 Å². The fourth-order valence-electron chi connectivity index (χ4n) is 4.08. The van der Waals surface area contributed by atoms with Crippen molar-refractivity contribution < 1.29 is 40.6 Å². The van der Waals surface area contributed by atoms with Gasteiger partial charge in [-0.1, -0.05) is 0 Å². The normalized spacial score (nSPS) is 21.7. The molecule has 8 nitrogen and oxygen atoms in total. The third-order valence-corrected chi connectivity index (χ3v) is 6.88. The monoisotopic (exact) mass is 519 g/mol. The lowest BCUT2D eigenvalue weighted by atomic mass is 9.44. The molecule has 1 fully saturated rings. The summed E-state index contributed by atoms with van der Waals surface area (Å²) in [5, 5.41) is 4.61. The molecule has 0 saturated carbocycles. The Hall–Kier alpha value is -2.42. The Kier molecular flexibility index (Phi) is 7.16. The number of fused-ring (bicyclic) bond motifs is 1. The highest BCUT2D eigenvalue weighted by atomic mass is 19.4. The molecule has 1 saturated heterocycles. The molecule has 0 radical (unpaired) electrons. The molecule has 36 heavy (non-hydrogen) atoms. The van der Waals surface area contributed by atoms with Crippen molar-refractivity contribution in [3.8, 4) is 0 Å². The highest BCUT2D eigenvalue weighted by molar-refractivity contribution is 6.47. The van der Waals surface area contributed by atoms with Gasteiger partial charge in [-0.15, -0.1) is 0 Å². The minimum atomic E-state index is -4.72. The van der Waals surface area contributed by atoms with E-state index in [4.69, 9.17) is 9.47 Å². The Morgan fingerprint density at radius 3 is 2.33 bits per heavy atom. The van der Waals surface area contributed by atoms with Gasteiger partial charge in [0.15, 0.2) is 11.2 Å². The van der Waals surface area contributed by atoms with Gasteiger partial charge in [0.05, 0.1) is 37.3 Å². The summed E-state index contributed by atoms with van der Waals surface area (Å²) in [4.78, 5) is 18.2. The smallest absolute Gasteiger partial charge is 0.382 e. The summed E-state index contributed by atoms with van der Waals surface area (Å²) < 4.78 is 92.3. The summed E-state index contributed by atoms with van der Waals surface area (Å²) in [5.74, 6) is 0. The number of ether oxygens (including phenoxy) is 2. The first-order chi connectivity index (χ1) is 16.4. The van der Waals surface area contributed by atoms with Crippen LogP contribution in [0, 0.1) is 0 Å². The van der Waals surface area contributed by atoms with Crippen LogP contribution >= 0.6 is 0 Å². The van der Waals surface area contributed by atoms with Gasteiger partial charge in [-0.25, -0.2) is 14.3 Å². The quantitative estimate of drug-likeness (QED) is 0.398. The number of aromatic nitrogens is 3. The fraction of sp³-hybridized carbons (Fsp3) is 0.632. The van der Waals surface area contributed by atoms with E-state index in [2.05, 4.69) is 15.4 Å². The molecule has 0 spiro atoms. The first-order valence-electron chi connectivity index (χ1n) is 11.1. The van der Waals surface area contributed by atoms with Crippen LogP contribution in [-0.4, -0.2) is 98.1 Å². The number of methoxy groups -OCH3 is 1. The number of alkyl halides is 6. The van der Waals surface area contributed by atoms with Crippen LogP contribution in [0.4, 0.5) is 31.1 Å². The molecule has 2 amide bonds. The molecule has 17 heteroatoms. The second-order valence-electron chi connectivity index (χ2n) is 9.88. The van der Waals surface area contributed by atoms with Crippen molar-refractivity contribution in [3.63, 3.8) is 0 Å². The molecule has 2 atom stereocenters. The molecule has 0 bridgehead atoms. The van der Waals surface area contributed by atoms with Crippen LogP contribution in [0.25, 0.3) is 5.65 Å². The van der Waals surface area contributed by atoms with E-state index in [1.165, 1.54) is 39.7 Å². The van der Waals surface area contributed by atoms with Gasteiger partial charge in [-0.3, -0.25) is 0 Å². The van der Waals surface area contributed by atoms with Crippen molar-refractivity contribution in [2.45, 2.75) is 55.0 Å². The topological polar surface area (TPSA) is 81.0 Å². The minimum absolute atomic E-state index is 0.0746. The third kappa shape index (κ3) is 4.78. The van der Waals surface area contributed by atoms with Gasteiger partial charge in [-0.05, 0) is 19.9 Å². The number of carbonyl (C=O) groups excluding carboxylic acids is 1. The number of hydrogen-bond acceptors (Lipinski definition) is 5. The van der Waals surface area contributed by atoms with Gasteiger partial charge in [0.1, 0.15) is 29.0 Å². The Balaban J connectivity index is 1.88. The molecule has 2 aromatic heterocycles. The zero-order valence-corrected chi connectivity index (χ0v) is 20.7. The maximum absolute atomic E-state index is 13.9. The summed E-state index contributed by atoms with van der Waals surface area (Å²) in [6.45, 7) is 1.50. The molecule has 1 aliphatic rings. The number of urea groups is 1. The number of nitrogens with one attached hydrogen (secondary N) is 1. The van der Waals surface area contributed by atoms with Gasteiger partial charge in [0.2, 0.25) is 0 Å². The van der Waals surface area contributed by atoms with Crippen LogP contribution in [0.2, 0.25) is 0 Å². The number of amides is 2. The second-order valence-corrected chi connectivity index (χ2v) is 9.88. The largest absolute Gasteiger partial charge is 0.416 e. The van der Waals surface area contributed by atoms with Gasteiger partial charge in [-0.2, -0.15) is 31.4 Å². The van der Waals surface area contributed by atoms with E-state index < -0.39 is 40.8 Å². The van der Waals surface area contributed by atoms with E-state index in [1.54, 1.807) is 6.07 Å². The number of hydrogen-bond donors (Lipinski definition) is 1. The minimum Gasteiger partial charge on any atom is -0.382 e.